The molecule has 0 amide bonds. The van der Waals surface area contributed by atoms with Crippen molar-refractivity contribution in [1.82, 2.24) is 5.32 Å². The van der Waals surface area contributed by atoms with Gasteiger partial charge < -0.3 is 20.9 Å². The van der Waals surface area contributed by atoms with Crippen LogP contribution in [0.4, 0.5) is 0 Å². The molecule has 1 aliphatic carbocycles. The molecule has 4 heteroatoms. The minimum Gasteiger partial charge on any atom is -0.389 e. The van der Waals surface area contributed by atoms with Crippen molar-refractivity contribution >= 4 is 0 Å². The predicted octanol–water partition coefficient (Wildman–Crippen LogP) is 0.491. The number of ether oxygens (including phenoxy) is 1. The third kappa shape index (κ3) is 5.80. The van der Waals surface area contributed by atoms with Gasteiger partial charge in [0.25, 0.3) is 0 Å². The topological polar surface area (TPSA) is 67.5 Å². The van der Waals surface area contributed by atoms with Crippen LogP contribution in [0.25, 0.3) is 0 Å². The summed E-state index contributed by atoms with van der Waals surface area (Å²) in [4.78, 5) is 0. The van der Waals surface area contributed by atoms with Gasteiger partial charge in [-0.15, -0.1) is 0 Å². The van der Waals surface area contributed by atoms with Crippen LogP contribution in [-0.2, 0) is 4.74 Å². The Bertz CT molecular complexity index is 170. The first kappa shape index (κ1) is 13.9. The first-order valence-corrected chi connectivity index (χ1v) is 6.42. The first-order chi connectivity index (χ1) is 7.72. The zero-order chi connectivity index (χ0) is 11.8. The van der Waals surface area contributed by atoms with Crippen LogP contribution in [-0.4, -0.2) is 43.6 Å². The van der Waals surface area contributed by atoms with Gasteiger partial charge in [-0.1, -0.05) is 6.92 Å². The quantitative estimate of drug-likeness (QED) is 0.557. The Morgan fingerprint density at radius 2 is 2.06 bits per heavy atom. The number of hydrogen-bond donors (Lipinski definition) is 3. The van der Waals surface area contributed by atoms with Crippen molar-refractivity contribution in [3.05, 3.63) is 0 Å². The van der Waals surface area contributed by atoms with Crippen LogP contribution in [0.5, 0.6) is 0 Å². The van der Waals surface area contributed by atoms with Gasteiger partial charge in [0.05, 0.1) is 18.8 Å². The summed E-state index contributed by atoms with van der Waals surface area (Å²) in [7, 11) is 0. The van der Waals surface area contributed by atoms with E-state index in [9.17, 15) is 5.11 Å². The largest absolute Gasteiger partial charge is 0.389 e. The molecule has 1 saturated carbocycles. The smallest absolute Gasteiger partial charge is 0.0897 e. The fraction of sp³-hybridized carbons (Fsp3) is 1.00. The Hall–Kier alpha value is -0.160. The van der Waals surface area contributed by atoms with Crippen LogP contribution in [0.2, 0.25) is 0 Å². The molecule has 0 aromatic carbocycles. The van der Waals surface area contributed by atoms with Crippen molar-refractivity contribution in [2.45, 2.75) is 44.8 Å². The second-order valence-electron chi connectivity index (χ2n) is 4.86. The van der Waals surface area contributed by atoms with Crippen LogP contribution >= 0.6 is 0 Å². The molecular formula is C12H26N2O2. The first-order valence-electron chi connectivity index (χ1n) is 6.42. The molecule has 1 aliphatic rings. The normalized spacial score (nSPS) is 27.9. The maximum absolute atomic E-state index is 9.63. The molecule has 16 heavy (non-hydrogen) atoms. The van der Waals surface area contributed by atoms with Crippen LogP contribution in [0, 0.1) is 5.92 Å². The van der Waals surface area contributed by atoms with E-state index in [1.807, 2.05) is 0 Å². The molecule has 1 unspecified atom stereocenters. The maximum Gasteiger partial charge on any atom is 0.0897 e. The molecule has 0 heterocycles. The highest BCUT2D eigenvalue weighted by Gasteiger charge is 2.19. The summed E-state index contributed by atoms with van der Waals surface area (Å²) in [6.45, 7) is 4.66. The lowest BCUT2D eigenvalue weighted by molar-refractivity contribution is -0.0276. The number of nitrogens with two attached hydrogens (primary N) is 1. The monoisotopic (exact) mass is 230 g/mol. The number of hydrogen-bond acceptors (Lipinski definition) is 4. The van der Waals surface area contributed by atoms with Gasteiger partial charge in [0, 0.05) is 19.6 Å². The average molecular weight is 230 g/mol. The Morgan fingerprint density at radius 3 is 2.69 bits per heavy atom. The van der Waals surface area contributed by atoms with E-state index in [0.29, 0.717) is 25.8 Å². The van der Waals surface area contributed by atoms with Crippen LogP contribution < -0.4 is 11.1 Å². The van der Waals surface area contributed by atoms with Crippen molar-refractivity contribution < 1.29 is 9.84 Å². The van der Waals surface area contributed by atoms with Crippen molar-refractivity contribution in [3.8, 4) is 0 Å². The number of aliphatic hydroxyl groups is 1. The zero-order valence-electron chi connectivity index (χ0n) is 10.3. The molecule has 0 bridgehead atoms. The Balaban J connectivity index is 2.00. The van der Waals surface area contributed by atoms with Crippen LogP contribution in [0.15, 0.2) is 0 Å². The summed E-state index contributed by atoms with van der Waals surface area (Å²) in [6.07, 6.45) is 4.75. The lowest BCUT2D eigenvalue weighted by Gasteiger charge is -2.27. The SMILES string of the molecule is CC1CCC(OCC(O)CNCCN)CC1. The van der Waals surface area contributed by atoms with Crippen LogP contribution in [0.1, 0.15) is 32.6 Å². The van der Waals surface area contributed by atoms with E-state index in [2.05, 4.69) is 12.2 Å². The molecule has 0 aliphatic heterocycles. The van der Waals surface area contributed by atoms with Crippen LogP contribution in [0.3, 0.4) is 0 Å². The minimum absolute atomic E-state index is 0.361. The van der Waals surface area contributed by atoms with Crippen molar-refractivity contribution in [2.24, 2.45) is 11.7 Å². The summed E-state index contributed by atoms with van der Waals surface area (Å²) in [5.41, 5.74) is 5.34. The van der Waals surface area contributed by atoms with Crippen molar-refractivity contribution in [2.75, 3.05) is 26.2 Å². The molecule has 4 N–H and O–H groups in total. The zero-order valence-corrected chi connectivity index (χ0v) is 10.3. The van der Waals surface area contributed by atoms with Crippen molar-refractivity contribution in [1.29, 1.82) is 0 Å². The molecule has 1 atom stereocenters. The molecule has 0 aromatic rings. The molecule has 0 radical (unpaired) electrons. The fourth-order valence-corrected chi connectivity index (χ4v) is 2.07. The molecule has 1 fully saturated rings. The molecule has 96 valence electrons. The van der Waals surface area contributed by atoms with E-state index in [1.54, 1.807) is 0 Å². The predicted molar refractivity (Wildman–Crippen MR) is 65.3 cm³/mol. The van der Waals surface area contributed by atoms with Gasteiger partial charge in [0.15, 0.2) is 0 Å². The van der Waals surface area contributed by atoms with E-state index < -0.39 is 6.10 Å². The minimum atomic E-state index is -0.411. The summed E-state index contributed by atoms with van der Waals surface area (Å²) < 4.78 is 5.70. The van der Waals surface area contributed by atoms with Gasteiger partial charge in [-0.25, -0.2) is 0 Å². The number of nitrogens with one attached hydrogen (secondary N) is 1. The van der Waals surface area contributed by atoms with Gasteiger partial charge >= 0.3 is 0 Å². The summed E-state index contributed by atoms with van der Waals surface area (Å²) in [5, 5.41) is 12.7. The highest BCUT2D eigenvalue weighted by Crippen LogP contribution is 2.25. The number of rotatable bonds is 7. The second kappa shape index (κ2) is 8.01. The van der Waals surface area contributed by atoms with E-state index in [1.165, 1.54) is 12.8 Å². The molecule has 0 aromatic heterocycles. The van der Waals surface area contributed by atoms with Gasteiger partial charge in [-0.2, -0.15) is 0 Å². The maximum atomic E-state index is 9.63. The highest BCUT2D eigenvalue weighted by molar-refractivity contribution is 4.70. The van der Waals surface area contributed by atoms with Crippen molar-refractivity contribution in [3.63, 3.8) is 0 Å². The summed E-state index contributed by atoms with van der Waals surface area (Å²) in [6, 6.07) is 0. The van der Waals surface area contributed by atoms with Gasteiger partial charge in [0.2, 0.25) is 0 Å². The van der Waals surface area contributed by atoms with E-state index >= 15 is 0 Å². The van der Waals surface area contributed by atoms with Gasteiger partial charge in [0.1, 0.15) is 0 Å². The second-order valence-corrected chi connectivity index (χ2v) is 4.86. The standard InChI is InChI=1S/C12H26N2O2/c1-10-2-4-12(5-3-10)16-9-11(15)8-14-7-6-13/h10-12,14-15H,2-9,13H2,1H3. The Labute approximate surface area is 98.5 Å². The summed E-state index contributed by atoms with van der Waals surface area (Å²) in [5.74, 6) is 0.844. The van der Waals surface area contributed by atoms with Gasteiger partial charge in [-0.05, 0) is 31.6 Å². The van der Waals surface area contributed by atoms with E-state index in [4.69, 9.17) is 10.5 Å². The molecule has 1 rings (SSSR count). The van der Waals surface area contributed by atoms with E-state index in [-0.39, 0.29) is 0 Å². The molecular weight excluding hydrogens is 204 g/mol. The third-order valence-electron chi connectivity index (χ3n) is 3.19. The highest BCUT2D eigenvalue weighted by atomic mass is 16.5. The summed E-state index contributed by atoms with van der Waals surface area (Å²) >= 11 is 0. The fourth-order valence-electron chi connectivity index (χ4n) is 2.07. The Kier molecular flexibility index (Phi) is 6.96. The molecule has 0 spiro atoms. The lowest BCUT2D eigenvalue weighted by atomic mass is 9.89. The number of aliphatic hydroxyl groups excluding tert-OH is 1. The third-order valence-corrected chi connectivity index (χ3v) is 3.19. The molecule has 4 nitrogen and oxygen atoms in total. The Morgan fingerprint density at radius 1 is 1.38 bits per heavy atom. The molecule has 0 saturated heterocycles. The van der Waals surface area contributed by atoms with Gasteiger partial charge in [-0.3, -0.25) is 0 Å². The lowest BCUT2D eigenvalue weighted by Crippen LogP contribution is -2.35. The van der Waals surface area contributed by atoms with E-state index in [0.717, 1.165) is 25.3 Å². The average Bonchev–Trinajstić information content (AvgIpc) is 2.29.